The van der Waals surface area contributed by atoms with Crippen molar-refractivity contribution in [1.29, 1.82) is 0 Å². The Hall–Kier alpha value is -1.95. The van der Waals surface area contributed by atoms with E-state index in [1.165, 1.54) is 7.11 Å². The third-order valence-corrected chi connectivity index (χ3v) is 2.56. The van der Waals surface area contributed by atoms with Crippen LogP contribution in [0.25, 0.3) is 0 Å². The van der Waals surface area contributed by atoms with E-state index in [9.17, 15) is 9.59 Å². The van der Waals surface area contributed by atoms with Crippen molar-refractivity contribution in [3.05, 3.63) is 23.2 Å². The standard InChI is InChI=1S/C13H18ClN3O3/c1-8(2)16-13(19)15-7-12(18)17-9-4-5-11(20-3)10(14)6-9/h4-6,8H,7H2,1-3H3,(H,17,18)(H2,15,16,19). The summed E-state index contributed by atoms with van der Waals surface area (Å²) in [5, 5.41) is 8.09. The van der Waals surface area contributed by atoms with Crippen molar-refractivity contribution in [3.63, 3.8) is 0 Å². The molecule has 0 heterocycles. The van der Waals surface area contributed by atoms with Gasteiger partial charge in [0.15, 0.2) is 0 Å². The van der Waals surface area contributed by atoms with Crippen LogP contribution in [0.4, 0.5) is 10.5 Å². The molecule has 0 unspecified atom stereocenters. The smallest absolute Gasteiger partial charge is 0.315 e. The first-order valence-corrected chi connectivity index (χ1v) is 6.48. The van der Waals surface area contributed by atoms with Crippen molar-refractivity contribution < 1.29 is 14.3 Å². The quantitative estimate of drug-likeness (QED) is 0.778. The maximum Gasteiger partial charge on any atom is 0.315 e. The molecule has 0 aliphatic rings. The Morgan fingerprint density at radius 3 is 2.60 bits per heavy atom. The van der Waals surface area contributed by atoms with E-state index < -0.39 is 0 Å². The molecule has 0 spiro atoms. The predicted molar refractivity (Wildman–Crippen MR) is 78.3 cm³/mol. The van der Waals surface area contributed by atoms with Gasteiger partial charge >= 0.3 is 6.03 Å². The number of amides is 3. The molecule has 3 amide bonds. The molecule has 1 aromatic carbocycles. The number of hydrogen-bond acceptors (Lipinski definition) is 3. The van der Waals surface area contributed by atoms with Crippen LogP contribution in [0.5, 0.6) is 5.75 Å². The van der Waals surface area contributed by atoms with E-state index in [1.807, 2.05) is 13.8 Å². The number of nitrogens with one attached hydrogen (secondary N) is 3. The van der Waals surface area contributed by atoms with Crippen LogP contribution in [0.2, 0.25) is 5.02 Å². The number of anilines is 1. The molecule has 0 saturated heterocycles. The highest BCUT2D eigenvalue weighted by Crippen LogP contribution is 2.26. The van der Waals surface area contributed by atoms with E-state index in [4.69, 9.17) is 16.3 Å². The number of carbonyl (C=O) groups excluding carboxylic acids is 2. The minimum absolute atomic E-state index is 0.0125. The van der Waals surface area contributed by atoms with Crippen molar-refractivity contribution in [1.82, 2.24) is 10.6 Å². The van der Waals surface area contributed by atoms with Crippen molar-refractivity contribution in [2.45, 2.75) is 19.9 Å². The molecule has 0 aliphatic heterocycles. The van der Waals surface area contributed by atoms with Crippen LogP contribution in [-0.4, -0.2) is 31.6 Å². The summed E-state index contributed by atoms with van der Waals surface area (Å²) in [5.41, 5.74) is 0.534. The zero-order valence-corrected chi connectivity index (χ0v) is 12.4. The van der Waals surface area contributed by atoms with Gasteiger partial charge < -0.3 is 20.7 Å². The third-order valence-electron chi connectivity index (χ3n) is 2.26. The molecule has 0 saturated carbocycles. The molecule has 0 fully saturated rings. The summed E-state index contributed by atoms with van der Waals surface area (Å²) >= 11 is 5.94. The van der Waals surface area contributed by atoms with Crippen LogP contribution in [0, 0.1) is 0 Å². The first-order chi connectivity index (χ1) is 9.42. The molecule has 0 aromatic heterocycles. The summed E-state index contributed by atoms with van der Waals surface area (Å²) < 4.78 is 5.01. The second kappa shape index (κ2) is 7.59. The molecule has 0 aliphatic carbocycles. The maximum absolute atomic E-state index is 11.6. The van der Waals surface area contributed by atoms with Crippen LogP contribution in [-0.2, 0) is 4.79 Å². The van der Waals surface area contributed by atoms with Gasteiger partial charge in [0.05, 0.1) is 18.7 Å². The molecule has 20 heavy (non-hydrogen) atoms. The lowest BCUT2D eigenvalue weighted by molar-refractivity contribution is -0.115. The average molecular weight is 300 g/mol. The first-order valence-electron chi connectivity index (χ1n) is 6.10. The van der Waals surface area contributed by atoms with Gasteiger partial charge in [0, 0.05) is 11.7 Å². The van der Waals surface area contributed by atoms with E-state index in [0.29, 0.717) is 16.5 Å². The molecule has 0 atom stereocenters. The largest absolute Gasteiger partial charge is 0.495 e. The van der Waals surface area contributed by atoms with Crippen molar-refractivity contribution in [3.8, 4) is 5.75 Å². The molecule has 0 bridgehead atoms. The Labute approximate surface area is 122 Å². The van der Waals surface area contributed by atoms with Gasteiger partial charge in [0.2, 0.25) is 5.91 Å². The Morgan fingerprint density at radius 2 is 2.05 bits per heavy atom. The lowest BCUT2D eigenvalue weighted by atomic mass is 10.3. The van der Waals surface area contributed by atoms with Crippen LogP contribution >= 0.6 is 11.6 Å². The lowest BCUT2D eigenvalue weighted by Crippen LogP contribution is -2.42. The monoisotopic (exact) mass is 299 g/mol. The van der Waals surface area contributed by atoms with Gasteiger partial charge in [-0.15, -0.1) is 0 Å². The summed E-state index contributed by atoms with van der Waals surface area (Å²) in [6, 6.07) is 4.52. The third kappa shape index (κ3) is 5.36. The second-order valence-electron chi connectivity index (χ2n) is 4.38. The molecule has 6 nitrogen and oxygen atoms in total. The Morgan fingerprint density at radius 1 is 1.35 bits per heavy atom. The lowest BCUT2D eigenvalue weighted by Gasteiger charge is -2.11. The zero-order valence-electron chi connectivity index (χ0n) is 11.6. The van der Waals surface area contributed by atoms with Crippen molar-refractivity contribution in [2.24, 2.45) is 0 Å². The molecular formula is C13H18ClN3O3. The fraction of sp³-hybridized carbons (Fsp3) is 0.385. The average Bonchev–Trinajstić information content (AvgIpc) is 2.36. The van der Waals surface area contributed by atoms with E-state index in [-0.39, 0.29) is 24.5 Å². The number of methoxy groups -OCH3 is 1. The number of ether oxygens (including phenoxy) is 1. The van der Waals surface area contributed by atoms with Gasteiger partial charge in [-0.25, -0.2) is 4.79 Å². The van der Waals surface area contributed by atoms with Crippen molar-refractivity contribution in [2.75, 3.05) is 19.0 Å². The highest BCUT2D eigenvalue weighted by molar-refractivity contribution is 6.32. The van der Waals surface area contributed by atoms with Gasteiger partial charge in [-0.1, -0.05) is 11.6 Å². The molecule has 7 heteroatoms. The molecule has 1 aromatic rings. The van der Waals surface area contributed by atoms with Gasteiger partial charge in [-0.2, -0.15) is 0 Å². The van der Waals surface area contributed by atoms with E-state index in [0.717, 1.165) is 0 Å². The molecule has 1 rings (SSSR count). The highest BCUT2D eigenvalue weighted by Gasteiger charge is 2.08. The maximum atomic E-state index is 11.6. The number of benzene rings is 1. The summed E-state index contributed by atoms with van der Waals surface area (Å²) in [6.07, 6.45) is 0. The van der Waals surface area contributed by atoms with Crippen molar-refractivity contribution >= 4 is 29.2 Å². The number of halogens is 1. The number of rotatable bonds is 5. The number of carbonyl (C=O) groups is 2. The summed E-state index contributed by atoms with van der Waals surface area (Å²) in [5.74, 6) is 0.184. The Bertz CT molecular complexity index is 492. The van der Waals surface area contributed by atoms with E-state index in [1.54, 1.807) is 18.2 Å². The van der Waals surface area contributed by atoms with Gasteiger partial charge in [-0.3, -0.25) is 4.79 Å². The minimum atomic E-state index is -0.386. The highest BCUT2D eigenvalue weighted by atomic mass is 35.5. The Balaban J connectivity index is 2.46. The van der Waals surface area contributed by atoms with Gasteiger partial charge in [0.25, 0.3) is 0 Å². The normalized spacial score (nSPS) is 10.1. The molecular weight excluding hydrogens is 282 g/mol. The zero-order chi connectivity index (χ0) is 15.1. The second-order valence-corrected chi connectivity index (χ2v) is 4.79. The fourth-order valence-electron chi connectivity index (χ4n) is 1.42. The van der Waals surface area contributed by atoms with E-state index in [2.05, 4.69) is 16.0 Å². The Kier molecular flexibility index (Phi) is 6.11. The van der Waals surface area contributed by atoms with Crippen LogP contribution in [0.15, 0.2) is 18.2 Å². The van der Waals surface area contributed by atoms with Crippen LogP contribution < -0.4 is 20.7 Å². The first kappa shape index (κ1) is 16.1. The number of hydrogen-bond donors (Lipinski definition) is 3. The SMILES string of the molecule is COc1ccc(NC(=O)CNC(=O)NC(C)C)cc1Cl. The van der Waals surface area contributed by atoms with Gasteiger partial charge in [0.1, 0.15) is 5.75 Å². The van der Waals surface area contributed by atoms with Crippen LogP contribution in [0.3, 0.4) is 0 Å². The molecule has 110 valence electrons. The summed E-state index contributed by atoms with van der Waals surface area (Å²) in [4.78, 5) is 22.9. The topological polar surface area (TPSA) is 79.5 Å². The number of urea groups is 1. The molecule has 3 N–H and O–H groups in total. The fourth-order valence-corrected chi connectivity index (χ4v) is 1.68. The summed E-state index contributed by atoms with van der Waals surface area (Å²) in [6.45, 7) is 3.54. The summed E-state index contributed by atoms with van der Waals surface area (Å²) in [7, 11) is 1.51. The predicted octanol–water partition coefficient (Wildman–Crippen LogP) is 1.99. The minimum Gasteiger partial charge on any atom is -0.495 e. The molecule has 0 radical (unpaired) electrons. The van der Waals surface area contributed by atoms with E-state index >= 15 is 0 Å². The van der Waals surface area contributed by atoms with Gasteiger partial charge in [-0.05, 0) is 32.0 Å². The van der Waals surface area contributed by atoms with Crippen LogP contribution in [0.1, 0.15) is 13.8 Å².